The van der Waals surface area contributed by atoms with Gasteiger partial charge in [0.25, 0.3) is 5.91 Å². The highest BCUT2D eigenvalue weighted by Gasteiger charge is 2.26. The van der Waals surface area contributed by atoms with Crippen LogP contribution in [0.15, 0.2) is 11.4 Å². The summed E-state index contributed by atoms with van der Waals surface area (Å²) in [5, 5.41) is 5.18. The SMILES string of the molecule is CCc1ccsc1C(=O)NC1CCCCC1CCl. The van der Waals surface area contributed by atoms with Crippen LogP contribution in [-0.2, 0) is 6.42 Å². The lowest BCUT2D eigenvalue weighted by Gasteiger charge is -2.30. The molecule has 0 aromatic carbocycles. The summed E-state index contributed by atoms with van der Waals surface area (Å²) >= 11 is 7.53. The Morgan fingerprint density at radius 2 is 2.28 bits per heavy atom. The average Bonchev–Trinajstić information content (AvgIpc) is 2.87. The Hall–Kier alpha value is -0.540. The first-order valence-corrected chi connectivity index (χ1v) is 8.10. The van der Waals surface area contributed by atoms with Crippen LogP contribution < -0.4 is 5.32 Å². The number of hydrogen-bond donors (Lipinski definition) is 1. The molecule has 1 fully saturated rings. The monoisotopic (exact) mass is 285 g/mol. The van der Waals surface area contributed by atoms with Crippen LogP contribution in [0, 0.1) is 5.92 Å². The van der Waals surface area contributed by atoms with Crippen molar-refractivity contribution >= 4 is 28.8 Å². The Morgan fingerprint density at radius 1 is 1.50 bits per heavy atom. The van der Waals surface area contributed by atoms with E-state index in [1.54, 1.807) is 0 Å². The number of amides is 1. The molecule has 1 aliphatic carbocycles. The minimum atomic E-state index is 0.0869. The maximum atomic E-state index is 12.3. The molecular weight excluding hydrogens is 266 g/mol. The first kappa shape index (κ1) is 13.9. The van der Waals surface area contributed by atoms with E-state index < -0.39 is 0 Å². The van der Waals surface area contributed by atoms with Gasteiger partial charge in [-0.3, -0.25) is 4.79 Å². The van der Waals surface area contributed by atoms with E-state index in [2.05, 4.69) is 12.2 Å². The number of nitrogens with one attached hydrogen (secondary N) is 1. The molecule has 1 saturated carbocycles. The highest BCUT2D eigenvalue weighted by atomic mass is 35.5. The summed E-state index contributed by atoms with van der Waals surface area (Å²) in [4.78, 5) is 13.1. The third kappa shape index (κ3) is 3.07. The summed E-state index contributed by atoms with van der Waals surface area (Å²) in [7, 11) is 0. The summed E-state index contributed by atoms with van der Waals surface area (Å²) in [5.74, 6) is 1.18. The van der Waals surface area contributed by atoms with Crippen molar-refractivity contribution < 1.29 is 4.79 Å². The van der Waals surface area contributed by atoms with Gasteiger partial charge in [-0.25, -0.2) is 0 Å². The lowest BCUT2D eigenvalue weighted by atomic mass is 9.85. The molecule has 0 aliphatic heterocycles. The Kier molecular flexibility index (Phi) is 5.07. The third-order valence-electron chi connectivity index (χ3n) is 3.76. The second-order valence-corrected chi connectivity index (χ2v) is 6.13. The van der Waals surface area contributed by atoms with E-state index in [1.165, 1.54) is 24.2 Å². The molecule has 4 heteroatoms. The quantitative estimate of drug-likeness (QED) is 0.837. The van der Waals surface area contributed by atoms with Crippen LogP contribution >= 0.6 is 22.9 Å². The number of rotatable bonds is 4. The van der Waals surface area contributed by atoms with Gasteiger partial charge in [0.2, 0.25) is 0 Å². The summed E-state index contributed by atoms with van der Waals surface area (Å²) in [6.45, 7) is 2.08. The minimum Gasteiger partial charge on any atom is -0.348 e. The third-order valence-corrected chi connectivity index (χ3v) is 5.11. The smallest absolute Gasteiger partial charge is 0.261 e. The maximum absolute atomic E-state index is 12.3. The summed E-state index contributed by atoms with van der Waals surface area (Å²) < 4.78 is 0. The zero-order valence-corrected chi connectivity index (χ0v) is 12.3. The van der Waals surface area contributed by atoms with Crippen molar-refractivity contribution in [3.63, 3.8) is 0 Å². The Balaban J connectivity index is 2.02. The molecule has 1 aliphatic rings. The second kappa shape index (κ2) is 6.58. The van der Waals surface area contributed by atoms with Gasteiger partial charge in [-0.15, -0.1) is 22.9 Å². The molecule has 18 heavy (non-hydrogen) atoms. The van der Waals surface area contributed by atoms with E-state index in [4.69, 9.17) is 11.6 Å². The van der Waals surface area contributed by atoms with Gasteiger partial charge in [0.05, 0.1) is 4.88 Å². The molecule has 1 amide bonds. The van der Waals surface area contributed by atoms with Crippen molar-refractivity contribution in [2.24, 2.45) is 5.92 Å². The normalized spacial score (nSPS) is 23.9. The average molecular weight is 286 g/mol. The molecule has 2 nitrogen and oxygen atoms in total. The van der Waals surface area contributed by atoms with Gasteiger partial charge in [-0.05, 0) is 42.2 Å². The van der Waals surface area contributed by atoms with Crippen molar-refractivity contribution in [2.45, 2.75) is 45.1 Å². The molecule has 0 radical (unpaired) electrons. The largest absolute Gasteiger partial charge is 0.348 e. The van der Waals surface area contributed by atoms with Gasteiger partial charge >= 0.3 is 0 Å². The van der Waals surface area contributed by atoms with Crippen LogP contribution in [0.4, 0.5) is 0 Å². The number of aryl methyl sites for hydroxylation is 1. The molecule has 0 bridgehead atoms. The standard InChI is InChI=1S/C14H20ClNOS/c1-2-10-7-8-18-13(10)14(17)16-12-6-4-3-5-11(12)9-15/h7-8,11-12H,2-6,9H2,1H3,(H,16,17). The molecule has 0 spiro atoms. The Bertz CT molecular complexity index is 404. The first-order valence-electron chi connectivity index (χ1n) is 6.69. The molecule has 1 aromatic rings. The molecule has 2 unspecified atom stereocenters. The lowest BCUT2D eigenvalue weighted by molar-refractivity contribution is 0.0914. The van der Waals surface area contributed by atoms with Crippen molar-refractivity contribution in [3.05, 3.63) is 21.9 Å². The summed E-state index contributed by atoms with van der Waals surface area (Å²) in [6.07, 6.45) is 5.55. The number of thiophene rings is 1. The zero-order chi connectivity index (χ0) is 13.0. The predicted octanol–water partition coefficient (Wildman–Crippen LogP) is 3.84. The van der Waals surface area contributed by atoms with Crippen LogP contribution in [-0.4, -0.2) is 17.8 Å². The highest BCUT2D eigenvalue weighted by Crippen LogP contribution is 2.26. The zero-order valence-electron chi connectivity index (χ0n) is 10.7. The van der Waals surface area contributed by atoms with Crippen LogP contribution in [0.25, 0.3) is 0 Å². The fourth-order valence-corrected chi connectivity index (χ4v) is 3.90. The number of halogens is 1. The van der Waals surface area contributed by atoms with Gasteiger partial charge in [0.1, 0.15) is 0 Å². The van der Waals surface area contributed by atoms with Crippen LogP contribution in [0.5, 0.6) is 0 Å². The fourth-order valence-electron chi connectivity index (χ4n) is 2.63. The Labute approximate surface area is 118 Å². The van der Waals surface area contributed by atoms with Crippen molar-refractivity contribution in [1.82, 2.24) is 5.32 Å². The van der Waals surface area contributed by atoms with Crippen molar-refractivity contribution in [1.29, 1.82) is 0 Å². The predicted molar refractivity (Wildman–Crippen MR) is 77.6 cm³/mol. The Morgan fingerprint density at radius 3 is 3.00 bits per heavy atom. The molecule has 2 rings (SSSR count). The number of hydrogen-bond acceptors (Lipinski definition) is 2. The van der Waals surface area contributed by atoms with Crippen LogP contribution in [0.1, 0.15) is 47.8 Å². The van der Waals surface area contributed by atoms with Crippen molar-refractivity contribution in [2.75, 3.05) is 5.88 Å². The van der Waals surface area contributed by atoms with Crippen LogP contribution in [0.3, 0.4) is 0 Å². The van der Waals surface area contributed by atoms with E-state index in [0.29, 0.717) is 11.8 Å². The van der Waals surface area contributed by atoms with Gasteiger partial charge in [-0.1, -0.05) is 19.8 Å². The molecule has 100 valence electrons. The summed E-state index contributed by atoms with van der Waals surface area (Å²) in [6, 6.07) is 2.30. The first-order chi connectivity index (χ1) is 8.76. The molecular formula is C14H20ClNOS. The van der Waals surface area contributed by atoms with Gasteiger partial charge in [0.15, 0.2) is 0 Å². The topological polar surface area (TPSA) is 29.1 Å². The maximum Gasteiger partial charge on any atom is 0.261 e. The molecule has 1 heterocycles. The van der Waals surface area contributed by atoms with Crippen LogP contribution in [0.2, 0.25) is 0 Å². The lowest BCUT2D eigenvalue weighted by Crippen LogP contribution is -2.42. The van der Waals surface area contributed by atoms with E-state index in [-0.39, 0.29) is 11.9 Å². The van der Waals surface area contributed by atoms with Gasteiger partial charge in [0, 0.05) is 11.9 Å². The van der Waals surface area contributed by atoms with E-state index >= 15 is 0 Å². The number of carbonyl (C=O) groups is 1. The number of carbonyl (C=O) groups excluding carboxylic acids is 1. The minimum absolute atomic E-state index is 0.0869. The highest BCUT2D eigenvalue weighted by molar-refractivity contribution is 7.12. The molecule has 1 N–H and O–H groups in total. The van der Waals surface area contributed by atoms with Gasteiger partial charge in [-0.2, -0.15) is 0 Å². The van der Waals surface area contributed by atoms with Crippen molar-refractivity contribution in [3.8, 4) is 0 Å². The van der Waals surface area contributed by atoms with E-state index in [1.807, 2.05) is 11.4 Å². The van der Waals surface area contributed by atoms with Gasteiger partial charge < -0.3 is 5.32 Å². The van der Waals surface area contributed by atoms with E-state index in [9.17, 15) is 4.79 Å². The number of alkyl halides is 1. The fraction of sp³-hybridized carbons (Fsp3) is 0.643. The molecule has 2 atom stereocenters. The molecule has 0 saturated heterocycles. The second-order valence-electron chi connectivity index (χ2n) is 4.91. The molecule has 1 aromatic heterocycles. The van der Waals surface area contributed by atoms with E-state index in [0.717, 1.165) is 29.7 Å². The summed E-state index contributed by atoms with van der Waals surface area (Å²) in [5.41, 5.74) is 1.15.